The van der Waals surface area contributed by atoms with E-state index in [9.17, 15) is 0 Å². The highest BCUT2D eigenvalue weighted by Crippen LogP contribution is 2.14. The molecule has 0 atom stereocenters. The Kier molecular flexibility index (Phi) is 6.08. The Balaban J connectivity index is 0.00000196. The van der Waals surface area contributed by atoms with Crippen LogP contribution in [0.2, 0.25) is 0 Å². The molecule has 9 heteroatoms. The van der Waals surface area contributed by atoms with Crippen molar-refractivity contribution < 1.29 is 0 Å². The van der Waals surface area contributed by atoms with Gasteiger partial charge in [-0.2, -0.15) is 5.10 Å². The highest BCUT2D eigenvalue weighted by atomic mass is 35.5. The predicted octanol–water partition coefficient (Wildman–Crippen LogP) is 1.76. The van der Waals surface area contributed by atoms with E-state index in [-0.39, 0.29) is 12.4 Å². The molecule has 4 rings (SSSR count). The van der Waals surface area contributed by atoms with Crippen molar-refractivity contribution in [1.29, 1.82) is 0 Å². The predicted molar refractivity (Wildman–Crippen MR) is 100 cm³/mol. The smallest absolute Gasteiger partial charge is 0.225 e. The van der Waals surface area contributed by atoms with E-state index in [4.69, 9.17) is 0 Å². The lowest BCUT2D eigenvalue weighted by molar-refractivity contribution is 0.685. The first-order valence-electron chi connectivity index (χ1n) is 8.45. The van der Waals surface area contributed by atoms with Gasteiger partial charge in [0.25, 0.3) is 0 Å². The second kappa shape index (κ2) is 8.68. The van der Waals surface area contributed by atoms with Gasteiger partial charge >= 0.3 is 0 Å². The van der Waals surface area contributed by atoms with Gasteiger partial charge in [-0.25, -0.2) is 24.6 Å². The van der Waals surface area contributed by atoms with E-state index in [0.29, 0.717) is 0 Å². The third-order valence-electron chi connectivity index (χ3n) is 4.20. The number of hydrogen-bond acceptors (Lipinski definition) is 7. The Labute approximate surface area is 158 Å². The summed E-state index contributed by atoms with van der Waals surface area (Å²) in [5.41, 5.74) is 2.19. The van der Waals surface area contributed by atoms with Crippen LogP contribution in [0.5, 0.6) is 0 Å². The molecule has 0 radical (unpaired) electrons. The first-order chi connectivity index (χ1) is 12.4. The van der Waals surface area contributed by atoms with Gasteiger partial charge in [0.1, 0.15) is 12.7 Å². The largest absolute Gasteiger partial charge is 0.341 e. The second-order valence-corrected chi connectivity index (χ2v) is 6.05. The van der Waals surface area contributed by atoms with Crippen molar-refractivity contribution in [3.8, 4) is 5.82 Å². The quantitative estimate of drug-likeness (QED) is 0.705. The van der Waals surface area contributed by atoms with Gasteiger partial charge in [-0.1, -0.05) is 6.07 Å². The highest BCUT2D eigenvalue weighted by Gasteiger charge is 2.14. The summed E-state index contributed by atoms with van der Waals surface area (Å²) in [5, 5.41) is 7.46. The van der Waals surface area contributed by atoms with Gasteiger partial charge in [0.15, 0.2) is 5.82 Å². The number of rotatable bonds is 6. The van der Waals surface area contributed by atoms with E-state index in [1.165, 1.54) is 19.2 Å². The molecular formula is C17H21ClN8. The van der Waals surface area contributed by atoms with E-state index in [0.717, 1.165) is 49.1 Å². The van der Waals surface area contributed by atoms with E-state index in [1.807, 2.05) is 30.7 Å². The van der Waals surface area contributed by atoms with Gasteiger partial charge in [-0.15, -0.1) is 12.4 Å². The molecule has 1 saturated heterocycles. The van der Waals surface area contributed by atoms with Crippen LogP contribution in [0.1, 0.15) is 24.0 Å². The molecule has 1 aliphatic rings. The lowest BCUT2D eigenvalue weighted by Crippen LogP contribution is -2.20. The first kappa shape index (κ1) is 18.2. The number of hydrogen-bond donors (Lipinski definition) is 1. The Morgan fingerprint density at radius 2 is 1.65 bits per heavy atom. The van der Waals surface area contributed by atoms with Crippen LogP contribution in [0.4, 0.5) is 5.95 Å². The molecule has 0 bridgehead atoms. The van der Waals surface area contributed by atoms with Crippen LogP contribution in [0, 0.1) is 0 Å². The van der Waals surface area contributed by atoms with E-state index < -0.39 is 0 Å². The molecule has 3 aromatic heterocycles. The van der Waals surface area contributed by atoms with Crippen molar-refractivity contribution in [3.63, 3.8) is 0 Å². The Morgan fingerprint density at radius 3 is 2.31 bits per heavy atom. The highest BCUT2D eigenvalue weighted by molar-refractivity contribution is 5.85. The van der Waals surface area contributed by atoms with Gasteiger partial charge < -0.3 is 10.2 Å². The molecule has 0 saturated carbocycles. The molecule has 0 amide bonds. The molecule has 3 aromatic rings. The van der Waals surface area contributed by atoms with Crippen LogP contribution in [0.3, 0.4) is 0 Å². The zero-order valence-electron chi connectivity index (χ0n) is 14.3. The number of pyridine rings is 1. The van der Waals surface area contributed by atoms with Crippen LogP contribution < -0.4 is 10.2 Å². The normalized spacial score (nSPS) is 13.6. The average Bonchev–Trinajstić information content (AvgIpc) is 3.37. The number of nitrogens with one attached hydrogen (secondary N) is 1. The van der Waals surface area contributed by atoms with Gasteiger partial charge in [-0.05, 0) is 24.5 Å². The maximum atomic E-state index is 4.47. The van der Waals surface area contributed by atoms with Crippen LogP contribution >= 0.6 is 12.4 Å². The van der Waals surface area contributed by atoms with Crippen molar-refractivity contribution in [2.75, 3.05) is 18.0 Å². The summed E-state index contributed by atoms with van der Waals surface area (Å²) in [4.78, 5) is 19.5. The van der Waals surface area contributed by atoms with E-state index in [1.54, 1.807) is 11.0 Å². The number of anilines is 1. The monoisotopic (exact) mass is 372 g/mol. The number of nitrogens with zero attached hydrogens (tertiary/aromatic N) is 7. The number of halogens is 1. The summed E-state index contributed by atoms with van der Waals surface area (Å²) < 4.78 is 1.64. The summed E-state index contributed by atoms with van der Waals surface area (Å²) in [5.74, 6) is 1.60. The molecule has 0 unspecified atom stereocenters. The summed E-state index contributed by atoms with van der Waals surface area (Å²) in [6, 6.07) is 3.96. The van der Waals surface area contributed by atoms with Crippen molar-refractivity contribution in [2.45, 2.75) is 25.9 Å². The molecule has 0 aliphatic carbocycles. The molecule has 1 aliphatic heterocycles. The average molecular weight is 373 g/mol. The van der Waals surface area contributed by atoms with Crippen LogP contribution in [-0.2, 0) is 13.1 Å². The first-order valence-corrected chi connectivity index (χ1v) is 8.45. The van der Waals surface area contributed by atoms with E-state index in [2.05, 4.69) is 35.3 Å². The minimum Gasteiger partial charge on any atom is -0.341 e. The molecule has 0 spiro atoms. The molecule has 1 fully saturated rings. The summed E-state index contributed by atoms with van der Waals surface area (Å²) in [7, 11) is 0. The van der Waals surface area contributed by atoms with Crippen LogP contribution in [0.15, 0.2) is 43.4 Å². The molecule has 1 N–H and O–H groups in total. The molecule has 4 heterocycles. The zero-order valence-corrected chi connectivity index (χ0v) is 15.1. The Bertz CT molecular complexity index is 783. The minimum absolute atomic E-state index is 0. The van der Waals surface area contributed by atoms with Crippen LogP contribution in [0.25, 0.3) is 5.82 Å². The minimum atomic E-state index is 0. The summed E-state index contributed by atoms with van der Waals surface area (Å²) in [6.07, 6.45) is 11.2. The fourth-order valence-electron chi connectivity index (χ4n) is 2.85. The van der Waals surface area contributed by atoms with Crippen LogP contribution in [-0.4, -0.2) is 42.8 Å². The zero-order chi connectivity index (χ0) is 16.9. The molecule has 136 valence electrons. The van der Waals surface area contributed by atoms with Gasteiger partial charge in [0, 0.05) is 50.3 Å². The van der Waals surface area contributed by atoms with Gasteiger partial charge in [0.2, 0.25) is 5.95 Å². The van der Waals surface area contributed by atoms with Crippen molar-refractivity contribution in [1.82, 2.24) is 35.0 Å². The van der Waals surface area contributed by atoms with Crippen molar-refractivity contribution in [2.24, 2.45) is 0 Å². The maximum Gasteiger partial charge on any atom is 0.225 e. The van der Waals surface area contributed by atoms with Gasteiger partial charge in [0.05, 0.1) is 0 Å². The fraction of sp³-hybridized carbons (Fsp3) is 0.353. The summed E-state index contributed by atoms with van der Waals surface area (Å²) >= 11 is 0. The third-order valence-corrected chi connectivity index (χ3v) is 4.20. The van der Waals surface area contributed by atoms with Gasteiger partial charge in [-0.3, -0.25) is 0 Å². The maximum absolute atomic E-state index is 4.47. The standard InChI is InChI=1S/C17H20N8.ClH/c1-2-6-24(5-1)17-21-10-15(11-22-17)8-18-7-14-3-4-16(20-9-14)25-13-19-12-23-25;/h3-4,9-13,18H,1-2,5-8H2;1H. The Hall–Kier alpha value is -2.58. The Morgan fingerprint density at radius 1 is 0.923 bits per heavy atom. The summed E-state index contributed by atoms with van der Waals surface area (Å²) in [6.45, 7) is 3.59. The third kappa shape index (κ3) is 4.33. The molecular weight excluding hydrogens is 352 g/mol. The van der Waals surface area contributed by atoms with E-state index >= 15 is 0 Å². The lowest BCUT2D eigenvalue weighted by Gasteiger charge is -2.14. The second-order valence-electron chi connectivity index (χ2n) is 6.05. The topological polar surface area (TPSA) is 84.7 Å². The molecule has 26 heavy (non-hydrogen) atoms. The van der Waals surface area contributed by atoms with Crippen molar-refractivity contribution >= 4 is 18.4 Å². The lowest BCUT2D eigenvalue weighted by atomic mass is 10.2. The van der Waals surface area contributed by atoms with Crippen molar-refractivity contribution in [3.05, 3.63) is 54.5 Å². The molecule has 0 aromatic carbocycles. The SMILES string of the molecule is Cl.c1ncn(-c2ccc(CNCc3cnc(N4CCCC4)nc3)cn2)n1. The molecule has 8 nitrogen and oxygen atoms in total. The fourth-order valence-corrected chi connectivity index (χ4v) is 2.85. The number of aromatic nitrogens is 6.